The number of sulfonamides is 1. The molecule has 0 heterocycles. The largest absolute Gasteiger partial charge is 0.477 e. The summed E-state index contributed by atoms with van der Waals surface area (Å²) in [7, 11) is -4.64. The number of carbonyl (C=O) groups is 2. The molecule has 110 valence electrons. The van der Waals surface area contributed by atoms with Gasteiger partial charge in [0.1, 0.15) is 22.9 Å². The van der Waals surface area contributed by atoms with Crippen molar-refractivity contribution < 1.29 is 36.7 Å². The van der Waals surface area contributed by atoms with Crippen LogP contribution in [0.25, 0.3) is 0 Å². The van der Waals surface area contributed by atoms with Crippen LogP contribution in [0.3, 0.4) is 0 Å². The number of aromatic carboxylic acids is 1. The van der Waals surface area contributed by atoms with Gasteiger partial charge in [-0.3, -0.25) is 9.63 Å². The number of carboxylic acids is 1. The zero-order valence-electron chi connectivity index (χ0n) is 9.59. The Hall–Kier alpha value is -2.11. The van der Waals surface area contributed by atoms with Crippen LogP contribution in [0.1, 0.15) is 10.4 Å². The molecule has 0 saturated carbocycles. The quantitative estimate of drug-likeness (QED) is 0.598. The predicted octanol–water partition coefficient (Wildman–Crippen LogP) is -0.642. The second-order valence-electron chi connectivity index (χ2n) is 3.38. The van der Waals surface area contributed by atoms with Gasteiger partial charge in [-0.1, -0.05) is 4.89 Å². The summed E-state index contributed by atoms with van der Waals surface area (Å²) in [6, 6.07) is 0.974. The van der Waals surface area contributed by atoms with Crippen molar-refractivity contribution in [3.63, 3.8) is 0 Å². The van der Waals surface area contributed by atoms with Gasteiger partial charge in [-0.25, -0.2) is 22.0 Å². The van der Waals surface area contributed by atoms with Crippen LogP contribution < -0.4 is 10.6 Å². The molecule has 0 radical (unpaired) electrons. The van der Waals surface area contributed by atoms with Crippen molar-refractivity contribution in [3.05, 3.63) is 29.3 Å². The highest BCUT2D eigenvalue weighted by molar-refractivity contribution is 7.89. The van der Waals surface area contributed by atoms with Gasteiger partial charge in [-0.05, 0) is 12.1 Å². The van der Waals surface area contributed by atoms with Gasteiger partial charge in [0.2, 0.25) is 5.91 Å². The third-order valence-corrected chi connectivity index (χ3v) is 3.17. The molecule has 0 aromatic heterocycles. The number of halogens is 2. The average molecular weight is 310 g/mol. The van der Waals surface area contributed by atoms with E-state index in [0.29, 0.717) is 12.1 Å². The molecule has 1 aromatic carbocycles. The lowest BCUT2D eigenvalue weighted by molar-refractivity contribution is -0.123. The first-order valence-corrected chi connectivity index (χ1v) is 6.28. The van der Waals surface area contributed by atoms with E-state index >= 15 is 0 Å². The minimum atomic E-state index is -4.64. The molecule has 0 atom stereocenters. The lowest BCUT2D eigenvalue weighted by Crippen LogP contribution is -2.30. The Morgan fingerprint density at radius 3 is 2.45 bits per heavy atom. The van der Waals surface area contributed by atoms with Gasteiger partial charge in [-0.15, -0.1) is 0 Å². The van der Waals surface area contributed by atoms with E-state index < -0.39 is 50.6 Å². The zero-order valence-corrected chi connectivity index (χ0v) is 10.4. The number of primary amides is 1. The van der Waals surface area contributed by atoms with Crippen molar-refractivity contribution in [2.45, 2.75) is 4.90 Å². The van der Waals surface area contributed by atoms with Gasteiger partial charge in [-0.2, -0.15) is 0 Å². The summed E-state index contributed by atoms with van der Waals surface area (Å²) in [6.07, 6.45) is 0. The summed E-state index contributed by atoms with van der Waals surface area (Å²) in [4.78, 5) is 25.4. The maximum Gasteiger partial charge on any atom is 0.341 e. The maximum atomic E-state index is 13.7. The minimum absolute atomic E-state index is 0.467. The number of hydrogen-bond acceptors (Lipinski definition) is 5. The van der Waals surface area contributed by atoms with Crippen LogP contribution in [0.5, 0.6) is 0 Å². The zero-order chi connectivity index (χ0) is 15.5. The van der Waals surface area contributed by atoms with Crippen molar-refractivity contribution in [1.29, 1.82) is 0 Å². The third kappa shape index (κ3) is 3.46. The van der Waals surface area contributed by atoms with E-state index in [-0.39, 0.29) is 0 Å². The van der Waals surface area contributed by atoms with E-state index in [1.807, 2.05) is 0 Å². The molecular weight excluding hydrogens is 302 g/mol. The Bertz CT molecular complexity index is 661. The Morgan fingerprint density at radius 1 is 1.35 bits per heavy atom. The third-order valence-electron chi connectivity index (χ3n) is 1.94. The van der Waals surface area contributed by atoms with Crippen molar-refractivity contribution >= 4 is 21.9 Å². The number of nitrogens with two attached hydrogens (primary N) is 1. The molecular formula is C9H8F2N2O6S. The summed E-state index contributed by atoms with van der Waals surface area (Å²) < 4.78 is 49.9. The highest BCUT2D eigenvalue weighted by Crippen LogP contribution is 2.20. The predicted molar refractivity (Wildman–Crippen MR) is 58.8 cm³/mol. The van der Waals surface area contributed by atoms with Crippen LogP contribution in [-0.4, -0.2) is 32.0 Å². The minimum Gasteiger partial charge on any atom is -0.477 e. The SMILES string of the molecule is NC(=O)CONS(=O)(=O)c1ccc(F)c(C(=O)O)c1F. The molecule has 1 rings (SSSR count). The standard InChI is InChI=1S/C9H8F2N2O6S/c10-4-1-2-5(8(11)7(4)9(15)16)20(17,18)13-19-3-6(12)14/h1-2,13H,3H2,(H2,12,14)(H,15,16). The van der Waals surface area contributed by atoms with E-state index in [1.165, 1.54) is 4.89 Å². The van der Waals surface area contributed by atoms with Crippen molar-refractivity contribution in [1.82, 2.24) is 4.89 Å². The molecule has 0 aliphatic heterocycles. The second kappa shape index (κ2) is 5.90. The number of benzene rings is 1. The molecule has 0 bridgehead atoms. The molecule has 20 heavy (non-hydrogen) atoms. The summed E-state index contributed by atoms with van der Waals surface area (Å²) in [5.74, 6) is -6.21. The van der Waals surface area contributed by atoms with E-state index in [4.69, 9.17) is 5.11 Å². The number of carboxylic acid groups (broad SMARTS) is 1. The second-order valence-corrected chi connectivity index (χ2v) is 4.99. The van der Waals surface area contributed by atoms with E-state index in [0.717, 1.165) is 0 Å². The summed E-state index contributed by atoms with van der Waals surface area (Å²) in [6.45, 7) is -0.826. The fraction of sp³-hybridized carbons (Fsp3) is 0.111. The van der Waals surface area contributed by atoms with Gasteiger partial charge in [0.15, 0.2) is 5.82 Å². The Labute approximate surface area is 111 Å². The Kier molecular flexibility index (Phi) is 4.70. The molecule has 0 unspecified atom stereocenters. The van der Waals surface area contributed by atoms with Crippen molar-refractivity contribution in [3.8, 4) is 0 Å². The van der Waals surface area contributed by atoms with Crippen LogP contribution in [-0.2, 0) is 19.7 Å². The van der Waals surface area contributed by atoms with Crippen molar-refractivity contribution in [2.24, 2.45) is 5.73 Å². The molecule has 4 N–H and O–H groups in total. The lowest BCUT2D eigenvalue weighted by atomic mass is 10.2. The smallest absolute Gasteiger partial charge is 0.341 e. The molecule has 0 aliphatic carbocycles. The first-order chi connectivity index (χ1) is 9.16. The highest BCUT2D eigenvalue weighted by Gasteiger charge is 2.27. The lowest BCUT2D eigenvalue weighted by Gasteiger charge is -2.08. The number of hydrogen-bond donors (Lipinski definition) is 3. The molecule has 11 heteroatoms. The number of carbonyl (C=O) groups excluding carboxylic acids is 1. The number of nitrogens with one attached hydrogen (secondary N) is 1. The molecule has 8 nitrogen and oxygen atoms in total. The van der Waals surface area contributed by atoms with Gasteiger partial charge in [0.25, 0.3) is 10.0 Å². The van der Waals surface area contributed by atoms with Gasteiger partial charge < -0.3 is 10.8 Å². The number of rotatable bonds is 6. The van der Waals surface area contributed by atoms with Crippen LogP contribution in [0, 0.1) is 11.6 Å². The van der Waals surface area contributed by atoms with E-state index in [2.05, 4.69) is 10.6 Å². The fourth-order valence-corrected chi connectivity index (χ4v) is 2.05. The van der Waals surface area contributed by atoms with Crippen LogP contribution in [0.4, 0.5) is 8.78 Å². The normalized spacial score (nSPS) is 11.3. The molecule has 0 fully saturated rings. The summed E-state index contributed by atoms with van der Waals surface area (Å²) in [5, 5.41) is 8.60. The fourth-order valence-electron chi connectivity index (χ4n) is 1.16. The number of amides is 1. The molecule has 0 saturated heterocycles. The average Bonchev–Trinajstić information content (AvgIpc) is 2.26. The van der Waals surface area contributed by atoms with Gasteiger partial charge in [0.05, 0.1) is 0 Å². The highest BCUT2D eigenvalue weighted by atomic mass is 32.2. The van der Waals surface area contributed by atoms with Gasteiger partial charge >= 0.3 is 5.97 Å². The first-order valence-electron chi connectivity index (χ1n) is 4.80. The first kappa shape index (κ1) is 15.9. The van der Waals surface area contributed by atoms with Crippen LogP contribution in [0.15, 0.2) is 17.0 Å². The Morgan fingerprint density at radius 2 is 1.95 bits per heavy atom. The van der Waals surface area contributed by atoms with Gasteiger partial charge in [0, 0.05) is 0 Å². The van der Waals surface area contributed by atoms with Crippen LogP contribution in [0.2, 0.25) is 0 Å². The summed E-state index contributed by atoms with van der Waals surface area (Å²) in [5.41, 5.74) is 3.25. The van der Waals surface area contributed by atoms with Crippen molar-refractivity contribution in [2.75, 3.05) is 6.61 Å². The topological polar surface area (TPSA) is 136 Å². The molecule has 1 amide bonds. The van der Waals surface area contributed by atoms with E-state index in [9.17, 15) is 26.8 Å². The molecule has 0 spiro atoms. The Balaban J connectivity index is 3.16. The molecule has 1 aromatic rings. The van der Waals surface area contributed by atoms with Crippen LogP contribution >= 0.6 is 0 Å². The summed E-state index contributed by atoms with van der Waals surface area (Å²) >= 11 is 0. The molecule has 0 aliphatic rings. The van der Waals surface area contributed by atoms with E-state index in [1.54, 1.807) is 0 Å². The monoisotopic (exact) mass is 310 g/mol. The maximum absolute atomic E-state index is 13.7.